The molecule has 0 spiro atoms. The van der Waals surface area contributed by atoms with E-state index >= 15 is 0 Å². The Morgan fingerprint density at radius 2 is 2.05 bits per heavy atom. The second kappa shape index (κ2) is 4.75. The molecule has 2 heterocycles. The molecule has 1 saturated heterocycles. The average molecular weight is 293 g/mol. The lowest BCUT2D eigenvalue weighted by Gasteiger charge is -2.47. The molecule has 1 aromatic carbocycles. The molecule has 2 N–H and O–H groups in total. The van der Waals surface area contributed by atoms with Gasteiger partial charge in [-0.3, -0.25) is 9.69 Å². The lowest BCUT2D eigenvalue weighted by molar-refractivity contribution is -0.157. The molecule has 1 fully saturated rings. The monoisotopic (exact) mass is 293 g/mol. The van der Waals surface area contributed by atoms with Crippen LogP contribution in [-0.4, -0.2) is 44.2 Å². The predicted molar refractivity (Wildman–Crippen MR) is 71.2 cm³/mol. The number of hydrogen-bond acceptors (Lipinski definition) is 5. The number of amides is 1. The number of carboxylic acids is 1. The molecular weight excluding hydrogens is 282 g/mol. The van der Waals surface area contributed by atoms with Gasteiger partial charge in [-0.25, -0.2) is 4.79 Å². The van der Waals surface area contributed by atoms with Gasteiger partial charge >= 0.3 is 5.97 Å². The first-order chi connectivity index (χ1) is 9.59. The molecule has 104 valence electrons. The largest absolute Gasteiger partial charge is 0.509 e. The zero-order chi connectivity index (χ0) is 14.3. The number of β-lactam (4-membered cyclic amide) rings is 1. The average Bonchev–Trinajstić information content (AvgIpc) is 2.45. The van der Waals surface area contributed by atoms with Crippen molar-refractivity contribution in [3.8, 4) is 5.75 Å². The van der Waals surface area contributed by atoms with E-state index in [2.05, 4.69) is 0 Å². The molecule has 20 heavy (non-hydrogen) atoms. The summed E-state index contributed by atoms with van der Waals surface area (Å²) in [5.74, 6) is -1.33. The predicted octanol–water partition coefficient (Wildman–Crippen LogP) is 1.20. The molecule has 3 rings (SSSR count). The van der Waals surface area contributed by atoms with Crippen LogP contribution in [0.25, 0.3) is 0 Å². The van der Waals surface area contributed by atoms with E-state index < -0.39 is 23.4 Å². The molecule has 6 nitrogen and oxygen atoms in total. The van der Waals surface area contributed by atoms with Crippen molar-refractivity contribution in [2.24, 2.45) is 0 Å². The summed E-state index contributed by atoms with van der Waals surface area (Å²) in [4.78, 5) is 24.2. The number of nitrogens with zero attached hydrogens (tertiary/aromatic N) is 1. The second-order valence-corrected chi connectivity index (χ2v) is 5.47. The first kappa shape index (κ1) is 12.9. The van der Waals surface area contributed by atoms with Crippen LogP contribution in [0.3, 0.4) is 0 Å². The molecule has 0 bridgehead atoms. The van der Waals surface area contributed by atoms with Crippen molar-refractivity contribution in [1.29, 1.82) is 0 Å². The first-order valence-electron chi connectivity index (χ1n) is 5.91. The molecule has 1 aromatic rings. The van der Waals surface area contributed by atoms with E-state index in [-0.39, 0.29) is 17.2 Å². The molecule has 7 heteroatoms. The van der Waals surface area contributed by atoms with Crippen molar-refractivity contribution in [2.75, 3.05) is 5.75 Å². The van der Waals surface area contributed by atoms with Crippen LogP contribution >= 0.6 is 11.8 Å². The fraction of sp³-hybridized carbons (Fsp3) is 0.231. The van der Waals surface area contributed by atoms with E-state index in [4.69, 9.17) is 9.84 Å². The molecule has 0 aromatic heterocycles. The maximum Gasteiger partial charge on any atom is 0.356 e. The first-order valence-corrected chi connectivity index (χ1v) is 6.96. The summed E-state index contributed by atoms with van der Waals surface area (Å²) in [6.07, 6.45) is -0.718. The summed E-state index contributed by atoms with van der Waals surface area (Å²) in [6.45, 7) is 0. The number of rotatable bonds is 3. The van der Waals surface area contributed by atoms with Crippen LogP contribution in [0, 0.1) is 0 Å². The fourth-order valence-electron chi connectivity index (χ4n) is 2.19. The Kier molecular flexibility index (Phi) is 3.06. The molecule has 1 unspecified atom stereocenters. The van der Waals surface area contributed by atoms with Gasteiger partial charge in [0.2, 0.25) is 6.10 Å². The number of aliphatic hydroxyl groups is 1. The third kappa shape index (κ3) is 1.90. The fourth-order valence-corrected chi connectivity index (χ4v) is 3.36. The number of hydrogen-bond donors (Lipinski definition) is 2. The Morgan fingerprint density at radius 3 is 2.70 bits per heavy atom. The number of carboxylic acid groups (broad SMARTS) is 1. The standard InChI is InChI=1S/C13H11NO5S/c15-8-6-20-12-10(19-7-4-2-1-3-5-7)11(16)14(12)9(8)13(17)18/h1-5,10,12,15H,6H2,(H,17,18)/t10?,12-/m0/s1. The van der Waals surface area contributed by atoms with Gasteiger partial charge in [-0.15, -0.1) is 11.8 Å². The molecule has 1 amide bonds. The van der Waals surface area contributed by atoms with E-state index in [9.17, 15) is 14.7 Å². The molecule has 2 atom stereocenters. The number of benzene rings is 1. The highest BCUT2D eigenvalue weighted by Crippen LogP contribution is 2.41. The number of aliphatic hydroxyl groups excluding tert-OH is 1. The van der Waals surface area contributed by atoms with Gasteiger partial charge in [-0.1, -0.05) is 18.2 Å². The van der Waals surface area contributed by atoms with Crippen LogP contribution in [0.1, 0.15) is 0 Å². The van der Waals surface area contributed by atoms with Gasteiger partial charge in [0, 0.05) is 0 Å². The summed E-state index contributed by atoms with van der Waals surface area (Å²) >= 11 is 1.28. The van der Waals surface area contributed by atoms with E-state index in [1.165, 1.54) is 11.8 Å². The SMILES string of the molecule is O=C(O)C1=C(O)CS[C@H]2C(Oc3ccccc3)C(=O)N12. The quantitative estimate of drug-likeness (QED) is 0.814. The Morgan fingerprint density at radius 1 is 1.35 bits per heavy atom. The van der Waals surface area contributed by atoms with Crippen LogP contribution < -0.4 is 4.74 Å². The maximum absolute atomic E-state index is 12.0. The minimum absolute atomic E-state index is 0.157. The molecule has 0 radical (unpaired) electrons. The van der Waals surface area contributed by atoms with Crippen molar-refractivity contribution in [2.45, 2.75) is 11.5 Å². The number of thioether (sulfide) groups is 1. The number of carbonyl (C=O) groups is 2. The van der Waals surface area contributed by atoms with Crippen molar-refractivity contribution in [3.63, 3.8) is 0 Å². The number of aliphatic carboxylic acids is 1. The summed E-state index contributed by atoms with van der Waals surface area (Å²) in [5, 5.41) is 18.2. The maximum atomic E-state index is 12.0. The lowest BCUT2D eigenvalue weighted by Crippen LogP contribution is -2.67. The smallest absolute Gasteiger partial charge is 0.356 e. The third-order valence-corrected chi connectivity index (χ3v) is 4.35. The number of para-hydroxylation sites is 1. The van der Waals surface area contributed by atoms with Gasteiger partial charge in [-0.2, -0.15) is 0 Å². The van der Waals surface area contributed by atoms with E-state index in [0.29, 0.717) is 5.75 Å². The number of carbonyl (C=O) groups excluding carboxylic acids is 1. The summed E-state index contributed by atoms with van der Waals surface area (Å²) in [6, 6.07) is 8.88. The van der Waals surface area contributed by atoms with Crippen LogP contribution in [-0.2, 0) is 9.59 Å². The van der Waals surface area contributed by atoms with Gasteiger partial charge in [0.15, 0.2) is 5.70 Å². The highest BCUT2D eigenvalue weighted by Gasteiger charge is 2.55. The highest BCUT2D eigenvalue weighted by atomic mass is 32.2. The van der Waals surface area contributed by atoms with Crippen molar-refractivity contribution >= 4 is 23.6 Å². The van der Waals surface area contributed by atoms with Crippen molar-refractivity contribution in [1.82, 2.24) is 4.90 Å². The summed E-state index contributed by atoms with van der Waals surface area (Å²) < 4.78 is 5.59. The Labute approximate surface area is 118 Å². The summed E-state index contributed by atoms with van der Waals surface area (Å²) in [7, 11) is 0. The normalized spacial score (nSPS) is 25.0. The molecule has 0 saturated carbocycles. The van der Waals surface area contributed by atoms with E-state index in [1.54, 1.807) is 24.3 Å². The molecule has 2 aliphatic rings. The van der Waals surface area contributed by atoms with Crippen LogP contribution in [0.15, 0.2) is 41.8 Å². The van der Waals surface area contributed by atoms with Crippen molar-refractivity contribution < 1.29 is 24.5 Å². The van der Waals surface area contributed by atoms with Crippen LogP contribution in [0.2, 0.25) is 0 Å². The van der Waals surface area contributed by atoms with Gasteiger partial charge in [0.25, 0.3) is 5.91 Å². The minimum atomic E-state index is -1.31. The van der Waals surface area contributed by atoms with Crippen molar-refractivity contribution in [3.05, 3.63) is 41.8 Å². The summed E-state index contributed by atoms with van der Waals surface area (Å²) in [5.41, 5.74) is -0.341. The third-order valence-electron chi connectivity index (χ3n) is 3.11. The second-order valence-electron chi connectivity index (χ2n) is 4.36. The Bertz CT molecular complexity index is 600. The van der Waals surface area contributed by atoms with Gasteiger partial charge in [0.1, 0.15) is 16.9 Å². The van der Waals surface area contributed by atoms with Crippen LogP contribution in [0.4, 0.5) is 0 Å². The lowest BCUT2D eigenvalue weighted by atomic mass is 10.1. The zero-order valence-electron chi connectivity index (χ0n) is 10.2. The molecule has 2 aliphatic heterocycles. The Balaban J connectivity index is 1.81. The topological polar surface area (TPSA) is 87.1 Å². The number of fused-ring (bicyclic) bond motifs is 1. The van der Waals surface area contributed by atoms with Gasteiger partial charge in [0.05, 0.1) is 5.75 Å². The number of ether oxygens (including phenoxy) is 1. The molecule has 0 aliphatic carbocycles. The minimum Gasteiger partial charge on any atom is -0.509 e. The van der Waals surface area contributed by atoms with Gasteiger partial charge in [-0.05, 0) is 12.1 Å². The Hall–Kier alpha value is -2.15. The van der Waals surface area contributed by atoms with E-state index in [1.807, 2.05) is 6.07 Å². The zero-order valence-corrected chi connectivity index (χ0v) is 11.0. The molecular formula is C13H11NO5S. The highest BCUT2D eigenvalue weighted by molar-refractivity contribution is 8.00. The van der Waals surface area contributed by atoms with Gasteiger partial charge < -0.3 is 14.9 Å². The van der Waals surface area contributed by atoms with Crippen LogP contribution in [0.5, 0.6) is 5.75 Å². The van der Waals surface area contributed by atoms with E-state index in [0.717, 1.165) is 4.90 Å².